The van der Waals surface area contributed by atoms with E-state index in [0.29, 0.717) is 17.8 Å². The van der Waals surface area contributed by atoms with E-state index >= 15 is 0 Å². The Morgan fingerprint density at radius 3 is 1.61 bits per heavy atom. The van der Waals surface area contributed by atoms with Crippen molar-refractivity contribution in [3.63, 3.8) is 0 Å². The summed E-state index contributed by atoms with van der Waals surface area (Å²) in [6.45, 7) is 17.5. The van der Waals surface area contributed by atoms with E-state index in [9.17, 15) is 0 Å². The van der Waals surface area contributed by atoms with Gasteiger partial charge in [-0.2, -0.15) is 0 Å². The molecule has 0 bridgehead atoms. The molecule has 0 saturated heterocycles. The molecule has 3 rings (SSSR count). The zero-order chi connectivity index (χ0) is 23.4. The highest BCUT2D eigenvalue weighted by atomic mass is 16.5. The highest BCUT2D eigenvalue weighted by Gasteiger charge is 2.00. The normalized spacial score (nSPS) is 10.3. The van der Waals surface area contributed by atoms with Crippen molar-refractivity contribution in [2.75, 3.05) is 7.11 Å². The van der Waals surface area contributed by atoms with Crippen LogP contribution >= 0.6 is 0 Å². The molecule has 0 aliphatic rings. The lowest BCUT2D eigenvalue weighted by Crippen LogP contribution is -1.89. The van der Waals surface area contributed by atoms with E-state index in [0.717, 1.165) is 5.75 Å². The Morgan fingerprint density at radius 2 is 1.16 bits per heavy atom. The average molecular weight is 419 g/mol. The predicted molar refractivity (Wildman–Crippen MR) is 138 cm³/mol. The lowest BCUT2D eigenvalue weighted by Gasteiger charge is -2.07. The smallest absolute Gasteiger partial charge is 0.119 e. The highest BCUT2D eigenvalue weighted by Crippen LogP contribution is 2.19. The number of benzene rings is 3. The van der Waals surface area contributed by atoms with Gasteiger partial charge in [0.2, 0.25) is 0 Å². The lowest BCUT2D eigenvalue weighted by atomic mass is 9.99. The van der Waals surface area contributed by atoms with Crippen LogP contribution in [0, 0.1) is 13.8 Å². The molecule has 0 heterocycles. The van der Waals surface area contributed by atoms with Crippen LogP contribution in [0.2, 0.25) is 0 Å². The zero-order valence-corrected chi connectivity index (χ0v) is 21.1. The second-order valence-electron chi connectivity index (χ2n) is 9.01. The van der Waals surface area contributed by atoms with Gasteiger partial charge < -0.3 is 4.74 Å². The van der Waals surface area contributed by atoms with Gasteiger partial charge in [0.05, 0.1) is 7.11 Å². The summed E-state index contributed by atoms with van der Waals surface area (Å²) in [6, 6.07) is 25.4. The highest BCUT2D eigenvalue weighted by molar-refractivity contribution is 5.30. The molecule has 168 valence electrons. The zero-order valence-electron chi connectivity index (χ0n) is 21.1. The number of aryl methyl sites for hydroxylation is 2. The Kier molecular flexibility index (Phi) is 11.7. The number of methoxy groups -OCH3 is 1. The first-order valence-electron chi connectivity index (χ1n) is 11.4. The summed E-state index contributed by atoms with van der Waals surface area (Å²) in [7, 11) is 1.69. The molecule has 0 aliphatic heterocycles. The summed E-state index contributed by atoms with van der Waals surface area (Å²) in [4.78, 5) is 0. The molecule has 0 fully saturated rings. The third-order valence-electron chi connectivity index (χ3n) is 5.31. The van der Waals surface area contributed by atoms with Crippen LogP contribution < -0.4 is 4.74 Å². The van der Waals surface area contributed by atoms with Gasteiger partial charge in [0, 0.05) is 0 Å². The van der Waals surface area contributed by atoms with Crippen molar-refractivity contribution in [2.45, 2.75) is 73.1 Å². The van der Waals surface area contributed by atoms with Crippen molar-refractivity contribution in [3.8, 4) is 5.75 Å². The molecule has 0 aromatic heterocycles. The Hall–Kier alpha value is -2.54. The molecule has 0 N–H and O–H groups in total. The fourth-order valence-corrected chi connectivity index (χ4v) is 3.19. The molecule has 0 saturated carbocycles. The van der Waals surface area contributed by atoms with Crippen LogP contribution in [-0.2, 0) is 0 Å². The van der Waals surface area contributed by atoms with Gasteiger partial charge in [0.25, 0.3) is 0 Å². The van der Waals surface area contributed by atoms with Crippen molar-refractivity contribution in [2.24, 2.45) is 0 Å². The molecule has 0 amide bonds. The topological polar surface area (TPSA) is 9.23 Å². The summed E-state index contributed by atoms with van der Waals surface area (Å²) < 4.78 is 5.11. The van der Waals surface area contributed by atoms with Gasteiger partial charge >= 0.3 is 0 Å². The fourth-order valence-electron chi connectivity index (χ4n) is 3.19. The molecular formula is C30H42O. The van der Waals surface area contributed by atoms with Gasteiger partial charge in [-0.05, 0) is 66.0 Å². The van der Waals surface area contributed by atoms with E-state index in [4.69, 9.17) is 4.74 Å². The van der Waals surface area contributed by atoms with Gasteiger partial charge in [0.1, 0.15) is 5.75 Å². The van der Waals surface area contributed by atoms with Crippen molar-refractivity contribution < 1.29 is 4.74 Å². The maximum Gasteiger partial charge on any atom is 0.119 e. The number of rotatable bonds is 4. The van der Waals surface area contributed by atoms with E-state index in [2.05, 4.69) is 116 Å². The molecule has 1 heteroatoms. The SMILES string of the molecule is COc1cccc(C(C)C)c1.Cc1ccc(C(C)C)cc1.Cc1ccccc1C(C)C. The Bertz CT molecular complexity index is 873. The van der Waals surface area contributed by atoms with Gasteiger partial charge in [-0.15, -0.1) is 0 Å². The van der Waals surface area contributed by atoms with E-state index in [-0.39, 0.29) is 0 Å². The number of hydrogen-bond acceptors (Lipinski definition) is 1. The van der Waals surface area contributed by atoms with Crippen LogP contribution in [0.4, 0.5) is 0 Å². The first kappa shape index (κ1) is 26.5. The number of hydrogen-bond donors (Lipinski definition) is 0. The second kappa shape index (κ2) is 13.7. The first-order valence-corrected chi connectivity index (χ1v) is 11.4. The Balaban J connectivity index is 0.000000233. The van der Waals surface area contributed by atoms with Crippen LogP contribution in [0.1, 0.15) is 87.1 Å². The summed E-state index contributed by atoms with van der Waals surface area (Å²) in [5.41, 5.74) is 6.94. The van der Waals surface area contributed by atoms with E-state index in [1.807, 2.05) is 12.1 Å². The molecule has 0 spiro atoms. The third kappa shape index (κ3) is 9.87. The van der Waals surface area contributed by atoms with Gasteiger partial charge in [-0.3, -0.25) is 0 Å². The van der Waals surface area contributed by atoms with Crippen LogP contribution in [0.15, 0.2) is 72.8 Å². The summed E-state index contributed by atoms with van der Waals surface area (Å²) >= 11 is 0. The van der Waals surface area contributed by atoms with Crippen LogP contribution in [0.25, 0.3) is 0 Å². The molecule has 0 unspecified atom stereocenters. The van der Waals surface area contributed by atoms with Crippen molar-refractivity contribution in [1.82, 2.24) is 0 Å². The largest absolute Gasteiger partial charge is 0.497 e. The maximum atomic E-state index is 5.11. The second-order valence-corrected chi connectivity index (χ2v) is 9.01. The number of ether oxygens (including phenoxy) is 1. The van der Waals surface area contributed by atoms with Crippen LogP contribution in [0.3, 0.4) is 0 Å². The molecule has 1 nitrogen and oxygen atoms in total. The van der Waals surface area contributed by atoms with Crippen LogP contribution in [-0.4, -0.2) is 7.11 Å². The molecular weight excluding hydrogens is 376 g/mol. The minimum absolute atomic E-state index is 0.574. The van der Waals surface area contributed by atoms with E-state index in [1.54, 1.807) is 7.11 Å². The fraction of sp³-hybridized carbons (Fsp3) is 0.400. The third-order valence-corrected chi connectivity index (χ3v) is 5.31. The summed E-state index contributed by atoms with van der Waals surface area (Å²) in [6.07, 6.45) is 0. The summed E-state index contributed by atoms with van der Waals surface area (Å²) in [5, 5.41) is 0. The standard InChI is InChI=1S/C10H14O.2C10H14/c1-8(2)9-5-4-6-10(7-9)11-3;1-8(2)10-6-4-9(3)5-7-10;1-8(2)10-7-5-4-6-9(10)3/h4-8H,1-3H3;2*4-8H,1-3H3. The summed E-state index contributed by atoms with van der Waals surface area (Å²) in [5.74, 6) is 2.82. The van der Waals surface area contributed by atoms with E-state index in [1.165, 1.54) is 27.8 Å². The van der Waals surface area contributed by atoms with Gasteiger partial charge in [0.15, 0.2) is 0 Å². The first-order chi connectivity index (χ1) is 14.6. The lowest BCUT2D eigenvalue weighted by molar-refractivity contribution is 0.414. The van der Waals surface area contributed by atoms with E-state index < -0.39 is 0 Å². The van der Waals surface area contributed by atoms with Crippen molar-refractivity contribution >= 4 is 0 Å². The molecule has 3 aromatic carbocycles. The molecule has 0 aliphatic carbocycles. The Labute approximate surface area is 191 Å². The molecule has 0 radical (unpaired) electrons. The average Bonchev–Trinajstić information content (AvgIpc) is 2.75. The molecule has 31 heavy (non-hydrogen) atoms. The molecule has 0 atom stereocenters. The minimum atomic E-state index is 0.574. The van der Waals surface area contributed by atoms with Crippen molar-refractivity contribution in [1.29, 1.82) is 0 Å². The van der Waals surface area contributed by atoms with Gasteiger partial charge in [-0.1, -0.05) is 108 Å². The maximum absolute atomic E-state index is 5.11. The van der Waals surface area contributed by atoms with Crippen molar-refractivity contribution in [3.05, 3.63) is 101 Å². The monoisotopic (exact) mass is 418 g/mol. The predicted octanol–water partition coefficient (Wildman–Crippen LogP) is 9.06. The molecule has 3 aromatic rings. The van der Waals surface area contributed by atoms with Crippen LogP contribution in [0.5, 0.6) is 5.75 Å². The Morgan fingerprint density at radius 1 is 0.581 bits per heavy atom. The van der Waals surface area contributed by atoms with Gasteiger partial charge in [-0.25, -0.2) is 0 Å². The minimum Gasteiger partial charge on any atom is -0.497 e. The quantitative estimate of drug-likeness (QED) is 0.410.